The Labute approximate surface area is 186 Å². The number of carbonyl (C=O) groups is 1. The minimum atomic E-state index is -0.433. The van der Waals surface area contributed by atoms with Gasteiger partial charge in [0.05, 0.1) is 7.14 Å². The maximum Gasteiger partial charge on any atom is 0.266 e. The molecule has 0 atom stereocenters. The van der Waals surface area contributed by atoms with E-state index in [9.17, 15) is 10.1 Å². The lowest BCUT2D eigenvalue weighted by Gasteiger charge is -2.10. The third kappa shape index (κ3) is 5.81. The Morgan fingerprint density at radius 1 is 1.22 bits per heavy atom. The second-order valence-corrected chi connectivity index (χ2v) is 8.16. The van der Waals surface area contributed by atoms with E-state index in [0.29, 0.717) is 12.3 Å². The first-order valence-electron chi connectivity index (χ1n) is 8.09. The zero-order chi connectivity index (χ0) is 20.0. The highest BCUT2D eigenvalue weighted by molar-refractivity contribution is 14.1. The Kier molecular flexibility index (Phi) is 7.86. The van der Waals surface area contributed by atoms with Crippen molar-refractivity contribution < 1.29 is 9.53 Å². The van der Waals surface area contributed by atoms with Crippen LogP contribution in [0.5, 0.6) is 5.75 Å². The van der Waals surface area contributed by atoms with Gasteiger partial charge in [0, 0.05) is 5.69 Å². The van der Waals surface area contributed by atoms with Crippen molar-refractivity contribution >= 4 is 62.9 Å². The van der Waals surface area contributed by atoms with Gasteiger partial charge in [-0.2, -0.15) is 5.26 Å². The predicted molar refractivity (Wildman–Crippen MR) is 126 cm³/mol. The molecule has 0 fully saturated rings. The number of hydrogen-bond acceptors (Lipinski definition) is 3. The lowest BCUT2D eigenvalue weighted by Crippen LogP contribution is -2.13. The standard InChI is InChI=1S/C21H18I2N2O2/c1-4-7-27-20-18(22)10-15(11-19(20)23)9-16(12-24)21(26)25-17-6-5-13(2)14(3)8-17/h4-6,8-11H,1,7H2,2-3H3,(H,25,26)/b16-9+. The van der Waals surface area contributed by atoms with Gasteiger partial charge >= 0.3 is 0 Å². The van der Waals surface area contributed by atoms with Gasteiger partial charge in [-0.05, 0) is 106 Å². The van der Waals surface area contributed by atoms with Crippen LogP contribution in [0, 0.1) is 32.3 Å². The fraction of sp³-hybridized carbons (Fsp3) is 0.143. The van der Waals surface area contributed by atoms with Crippen molar-refractivity contribution in [3.63, 3.8) is 0 Å². The van der Waals surface area contributed by atoms with Gasteiger partial charge < -0.3 is 10.1 Å². The topological polar surface area (TPSA) is 62.1 Å². The fourth-order valence-electron chi connectivity index (χ4n) is 2.28. The van der Waals surface area contributed by atoms with E-state index in [-0.39, 0.29) is 5.57 Å². The lowest BCUT2D eigenvalue weighted by molar-refractivity contribution is -0.112. The first-order valence-corrected chi connectivity index (χ1v) is 10.2. The molecule has 0 radical (unpaired) electrons. The van der Waals surface area contributed by atoms with E-state index in [1.54, 1.807) is 12.2 Å². The molecule has 138 valence electrons. The largest absolute Gasteiger partial charge is 0.487 e. The Bertz CT molecular complexity index is 936. The van der Waals surface area contributed by atoms with E-state index in [1.165, 1.54) is 0 Å². The molecule has 1 N–H and O–H groups in total. The summed E-state index contributed by atoms with van der Waals surface area (Å²) in [5.74, 6) is 0.337. The smallest absolute Gasteiger partial charge is 0.266 e. The number of hydrogen-bond donors (Lipinski definition) is 1. The first-order chi connectivity index (χ1) is 12.8. The molecule has 27 heavy (non-hydrogen) atoms. The zero-order valence-electron chi connectivity index (χ0n) is 15.0. The molecule has 0 spiro atoms. The van der Waals surface area contributed by atoms with Crippen molar-refractivity contribution in [2.75, 3.05) is 11.9 Å². The SMILES string of the molecule is C=CCOc1c(I)cc(/C=C(\C#N)C(=O)Nc2ccc(C)c(C)c2)cc1I. The van der Waals surface area contributed by atoms with Crippen LogP contribution in [-0.4, -0.2) is 12.5 Å². The molecule has 0 saturated heterocycles. The third-order valence-electron chi connectivity index (χ3n) is 3.81. The summed E-state index contributed by atoms with van der Waals surface area (Å²) < 4.78 is 7.46. The molecule has 0 bridgehead atoms. The number of ether oxygens (including phenoxy) is 1. The molecule has 2 rings (SSSR count). The van der Waals surface area contributed by atoms with Crippen molar-refractivity contribution in [3.8, 4) is 11.8 Å². The van der Waals surface area contributed by atoms with E-state index < -0.39 is 5.91 Å². The van der Waals surface area contributed by atoms with Crippen molar-refractivity contribution in [1.82, 2.24) is 0 Å². The van der Waals surface area contributed by atoms with E-state index >= 15 is 0 Å². The Morgan fingerprint density at radius 3 is 2.44 bits per heavy atom. The van der Waals surface area contributed by atoms with Gasteiger partial charge in [0.2, 0.25) is 0 Å². The summed E-state index contributed by atoms with van der Waals surface area (Å²) in [5, 5.41) is 12.2. The molecule has 2 aromatic rings. The Balaban J connectivity index is 2.26. The Morgan fingerprint density at radius 2 is 1.89 bits per heavy atom. The van der Waals surface area contributed by atoms with E-state index in [2.05, 4.69) is 57.1 Å². The van der Waals surface area contributed by atoms with Crippen molar-refractivity contribution in [3.05, 3.63) is 72.4 Å². The van der Waals surface area contributed by atoms with Crippen LogP contribution in [0.3, 0.4) is 0 Å². The fourth-order valence-corrected chi connectivity index (χ4v) is 4.40. The number of nitrogens with zero attached hydrogens (tertiary/aromatic N) is 1. The minimum absolute atomic E-state index is 0.0413. The maximum atomic E-state index is 12.5. The molecular formula is C21H18I2N2O2. The molecule has 2 aromatic carbocycles. The molecular weight excluding hydrogens is 566 g/mol. The summed E-state index contributed by atoms with van der Waals surface area (Å²) in [5.41, 5.74) is 3.70. The second-order valence-electron chi connectivity index (χ2n) is 5.84. The monoisotopic (exact) mass is 584 g/mol. The molecule has 0 aromatic heterocycles. The maximum absolute atomic E-state index is 12.5. The number of amides is 1. The van der Waals surface area contributed by atoms with Crippen molar-refractivity contribution in [1.29, 1.82) is 5.26 Å². The number of anilines is 1. The van der Waals surface area contributed by atoms with Gasteiger partial charge in [-0.15, -0.1) is 0 Å². The van der Waals surface area contributed by atoms with Crippen LogP contribution in [0.15, 0.2) is 48.6 Å². The van der Waals surface area contributed by atoms with Gasteiger partial charge in [0.25, 0.3) is 5.91 Å². The first kappa shape index (κ1) is 21.4. The van der Waals surface area contributed by atoms with E-state index in [4.69, 9.17) is 4.74 Å². The third-order valence-corrected chi connectivity index (χ3v) is 5.41. The normalized spacial score (nSPS) is 10.9. The van der Waals surface area contributed by atoms with Crippen LogP contribution in [-0.2, 0) is 4.79 Å². The van der Waals surface area contributed by atoms with Gasteiger partial charge in [-0.1, -0.05) is 18.7 Å². The van der Waals surface area contributed by atoms with Gasteiger partial charge in [0.1, 0.15) is 24.0 Å². The molecule has 1 amide bonds. The van der Waals surface area contributed by atoms with Crippen LogP contribution in [0.2, 0.25) is 0 Å². The highest BCUT2D eigenvalue weighted by Crippen LogP contribution is 2.30. The number of aryl methyl sites for hydroxylation is 2. The summed E-state index contributed by atoms with van der Waals surface area (Å²) >= 11 is 4.35. The highest BCUT2D eigenvalue weighted by atomic mass is 127. The molecule has 0 saturated carbocycles. The minimum Gasteiger partial charge on any atom is -0.487 e. The number of benzene rings is 2. The van der Waals surface area contributed by atoms with E-state index in [0.717, 1.165) is 29.6 Å². The molecule has 0 aliphatic rings. The predicted octanol–water partition coefficient (Wildman–Crippen LogP) is 5.62. The van der Waals surface area contributed by atoms with Crippen molar-refractivity contribution in [2.24, 2.45) is 0 Å². The van der Waals surface area contributed by atoms with Gasteiger partial charge in [-0.25, -0.2) is 0 Å². The summed E-state index contributed by atoms with van der Waals surface area (Å²) in [6, 6.07) is 11.4. The Hall–Kier alpha value is -1.86. The summed E-state index contributed by atoms with van der Waals surface area (Å²) in [4.78, 5) is 12.5. The second kappa shape index (κ2) is 9.90. The number of nitrogens with one attached hydrogen (secondary N) is 1. The summed E-state index contributed by atoms with van der Waals surface area (Å²) in [6.07, 6.45) is 3.27. The molecule has 0 unspecified atom stereocenters. The van der Waals surface area contributed by atoms with Crippen LogP contribution in [0.1, 0.15) is 16.7 Å². The lowest BCUT2D eigenvalue weighted by atomic mass is 10.1. The quantitative estimate of drug-likeness (QED) is 0.208. The highest BCUT2D eigenvalue weighted by Gasteiger charge is 2.12. The molecule has 6 heteroatoms. The van der Waals surface area contributed by atoms with Crippen LogP contribution < -0.4 is 10.1 Å². The van der Waals surface area contributed by atoms with Crippen molar-refractivity contribution in [2.45, 2.75) is 13.8 Å². The average Bonchev–Trinajstić information content (AvgIpc) is 2.62. The molecule has 0 aliphatic heterocycles. The molecule has 0 heterocycles. The summed E-state index contributed by atoms with van der Waals surface area (Å²) in [7, 11) is 0. The average molecular weight is 584 g/mol. The van der Waals surface area contributed by atoms with Gasteiger partial charge in [-0.3, -0.25) is 4.79 Å². The van der Waals surface area contributed by atoms with E-state index in [1.807, 2.05) is 50.2 Å². The van der Waals surface area contributed by atoms with Gasteiger partial charge in [0.15, 0.2) is 0 Å². The van der Waals surface area contributed by atoms with Crippen LogP contribution >= 0.6 is 45.2 Å². The number of rotatable bonds is 6. The molecule has 4 nitrogen and oxygen atoms in total. The summed E-state index contributed by atoms with van der Waals surface area (Å²) in [6.45, 7) is 8.05. The number of halogens is 2. The number of nitriles is 1. The molecule has 0 aliphatic carbocycles. The number of carbonyl (C=O) groups excluding carboxylic acids is 1. The zero-order valence-corrected chi connectivity index (χ0v) is 19.3. The van der Waals surface area contributed by atoms with Crippen LogP contribution in [0.4, 0.5) is 5.69 Å². The van der Waals surface area contributed by atoms with Crippen LogP contribution in [0.25, 0.3) is 6.08 Å².